The minimum absolute atomic E-state index is 0.0729. The van der Waals surface area contributed by atoms with Crippen LogP contribution in [-0.4, -0.2) is 34.5 Å². The van der Waals surface area contributed by atoms with Crippen molar-refractivity contribution >= 4 is 0 Å². The van der Waals surface area contributed by atoms with Gasteiger partial charge >= 0.3 is 0 Å². The molecule has 2 atom stereocenters. The van der Waals surface area contributed by atoms with E-state index in [1.165, 1.54) is 0 Å². The second-order valence-corrected chi connectivity index (χ2v) is 4.33. The molecule has 0 fully saturated rings. The summed E-state index contributed by atoms with van der Waals surface area (Å²) >= 11 is 0. The van der Waals surface area contributed by atoms with E-state index >= 15 is 0 Å². The molecule has 0 saturated carbocycles. The summed E-state index contributed by atoms with van der Waals surface area (Å²) in [6.45, 7) is 7.71. The Labute approximate surface area is 87.3 Å². The number of aliphatic hydroxyl groups is 2. The lowest BCUT2D eigenvalue weighted by Gasteiger charge is -2.17. The number of hydrogen-bond acceptors (Lipinski definition) is 4. The first-order chi connectivity index (χ1) is 6.24. The maximum absolute atomic E-state index is 8.47. The van der Waals surface area contributed by atoms with E-state index in [4.69, 9.17) is 21.7 Å². The van der Waals surface area contributed by atoms with Crippen LogP contribution in [0.15, 0.2) is 0 Å². The van der Waals surface area contributed by atoms with Crippen molar-refractivity contribution in [1.82, 2.24) is 0 Å². The second kappa shape index (κ2) is 7.17. The van der Waals surface area contributed by atoms with Gasteiger partial charge in [0.05, 0.1) is 13.2 Å². The molecule has 0 aromatic carbocycles. The van der Waals surface area contributed by atoms with Crippen LogP contribution in [-0.2, 0) is 0 Å². The van der Waals surface area contributed by atoms with Gasteiger partial charge in [0.15, 0.2) is 0 Å². The van der Waals surface area contributed by atoms with Crippen molar-refractivity contribution in [2.45, 2.75) is 51.6 Å². The van der Waals surface area contributed by atoms with E-state index in [2.05, 4.69) is 0 Å². The van der Waals surface area contributed by atoms with Crippen LogP contribution in [0.25, 0.3) is 0 Å². The van der Waals surface area contributed by atoms with E-state index < -0.39 is 0 Å². The van der Waals surface area contributed by atoms with Crippen molar-refractivity contribution in [3.63, 3.8) is 0 Å². The van der Waals surface area contributed by atoms with Crippen LogP contribution in [0.4, 0.5) is 0 Å². The molecule has 14 heavy (non-hydrogen) atoms. The Bertz CT molecular complexity index is 108. The second-order valence-electron chi connectivity index (χ2n) is 4.33. The van der Waals surface area contributed by atoms with Gasteiger partial charge in [-0.3, -0.25) is 0 Å². The van der Waals surface area contributed by atoms with Gasteiger partial charge < -0.3 is 21.7 Å². The molecule has 0 aliphatic heterocycles. The highest BCUT2D eigenvalue weighted by molar-refractivity contribution is 4.74. The monoisotopic (exact) mass is 206 g/mol. The largest absolute Gasteiger partial charge is 0.394 e. The summed E-state index contributed by atoms with van der Waals surface area (Å²) < 4.78 is 0. The number of rotatable bonds is 4. The first-order valence-electron chi connectivity index (χ1n) is 5.04. The molecule has 0 aliphatic rings. The first kappa shape index (κ1) is 16.3. The van der Waals surface area contributed by atoms with Crippen LogP contribution in [0.1, 0.15) is 40.5 Å². The smallest absolute Gasteiger partial charge is 0.0608 e. The number of hydrogen-bond donors (Lipinski definition) is 4. The molecule has 0 aliphatic carbocycles. The Morgan fingerprint density at radius 2 is 1.07 bits per heavy atom. The van der Waals surface area contributed by atoms with E-state index in [-0.39, 0.29) is 24.3 Å². The van der Waals surface area contributed by atoms with Crippen molar-refractivity contribution in [1.29, 1.82) is 0 Å². The third-order valence-electron chi connectivity index (χ3n) is 2.34. The van der Waals surface area contributed by atoms with Gasteiger partial charge in [-0.2, -0.15) is 0 Å². The van der Waals surface area contributed by atoms with Crippen LogP contribution in [0.2, 0.25) is 0 Å². The molecular formula is C10H26N2O2. The lowest BCUT2D eigenvalue weighted by atomic mass is 10.0. The molecule has 0 amide bonds. The molecule has 0 radical (unpaired) electrons. The van der Waals surface area contributed by atoms with Gasteiger partial charge in [-0.05, 0) is 26.7 Å². The maximum Gasteiger partial charge on any atom is 0.0608 e. The minimum atomic E-state index is -0.361. The highest BCUT2D eigenvalue weighted by atomic mass is 16.3. The molecular weight excluding hydrogens is 180 g/mol. The molecule has 4 heteroatoms. The van der Waals surface area contributed by atoms with Gasteiger partial charge in [-0.15, -0.1) is 0 Å². The van der Waals surface area contributed by atoms with E-state index in [0.29, 0.717) is 0 Å². The Morgan fingerprint density at radius 1 is 0.857 bits per heavy atom. The summed E-state index contributed by atoms with van der Waals surface area (Å²) in [5.41, 5.74) is 10.2. The van der Waals surface area contributed by atoms with Gasteiger partial charge in [0, 0.05) is 11.1 Å². The molecule has 6 N–H and O–H groups in total. The summed E-state index contributed by atoms with van der Waals surface area (Å²) in [4.78, 5) is 0. The average molecular weight is 206 g/mol. The normalized spacial score (nSPS) is 18.9. The van der Waals surface area contributed by atoms with Crippen LogP contribution in [0.3, 0.4) is 0 Å². The number of aliphatic hydroxyl groups excluding tert-OH is 2. The topological polar surface area (TPSA) is 92.5 Å². The zero-order valence-electron chi connectivity index (χ0n) is 9.88. The summed E-state index contributed by atoms with van der Waals surface area (Å²) in [7, 11) is 0. The fourth-order valence-electron chi connectivity index (χ4n) is 0.224. The van der Waals surface area contributed by atoms with Crippen LogP contribution in [0.5, 0.6) is 0 Å². The quantitative estimate of drug-likeness (QED) is 0.529. The van der Waals surface area contributed by atoms with Crippen LogP contribution < -0.4 is 11.5 Å². The fraction of sp³-hybridized carbons (Fsp3) is 1.00. The predicted octanol–water partition coefficient (Wildman–Crippen LogP) is 0.212. The summed E-state index contributed by atoms with van der Waals surface area (Å²) in [5.74, 6) is 0. The van der Waals surface area contributed by atoms with Gasteiger partial charge in [-0.1, -0.05) is 13.8 Å². The predicted molar refractivity (Wildman–Crippen MR) is 59.9 cm³/mol. The first-order valence-corrected chi connectivity index (χ1v) is 5.04. The van der Waals surface area contributed by atoms with E-state index in [1.807, 2.05) is 27.7 Å². The van der Waals surface area contributed by atoms with E-state index in [9.17, 15) is 0 Å². The van der Waals surface area contributed by atoms with Gasteiger partial charge in [0.2, 0.25) is 0 Å². The van der Waals surface area contributed by atoms with Crippen molar-refractivity contribution in [3.8, 4) is 0 Å². The lowest BCUT2D eigenvalue weighted by molar-refractivity contribution is 0.205. The third-order valence-corrected chi connectivity index (χ3v) is 2.34. The molecule has 0 heterocycles. The zero-order chi connectivity index (χ0) is 11.8. The van der Waals surface area contributed by atoms with Crippen molar-refractivity contribution in [2.75, 3.05) is 13.2 Å². The van der Waals surface area contributed by atoms with Crippen molar-refractivity contribution < 1.29 is 10.2 Å². The molecule has 0 rings (SSSR count). The summed E-state index contributed by atoms with van der Waals surface area (Å²) in [6.07, 6.45) is 1.65. The zero-order valence-corrected chi connectivity index (χ0v) is 9.88. The van der Waals surface area contributed by atoms with E-state index in [1.54, 1.807) is 0 Å². The molecule has 88 valence electrons. The van der Waals surface area contributed by atoms with Crippen molar-refractivity contribution in [3.05, 3.63) is 0 Å². The van der Waals surface area contributed by atoms with E-state index in [0.717, 1.165) is 12.8 Å². The molecule has 4 nitrogen and oxygen atoms in total. The fourth-order valence-corrected chi connectivity index (χ4v) is 0.224. The number of nitrogens with two attached hydrogens (primary N) is 2. The Balaban J connectivity index is 0. The van der Waals surface area contributed by atoms with Crippen LogP contribution >= 0.6 is 0 Å². The van der Waals surface area contributed by atoms with Crippen molar-refractivity contribution in [2.24, 2.45) is 11.5 Å². The average Bonchev–Trinajstić information content (AvgIpc) is 2.19. The highest BCUT2D eigenvalue weighted by Gasteiger charge is 2.12. The molecule has 0 spiro atoms. The van der Waals surface area contributed by atoms with Gasteiger partial charge in [0.1, 0.15) is 0 Å². The summed E-state index contributed by atoms with van der Waals surface area (Å²) in [6, 6.07) is 0. The Hall–Kier alpha value is -0.160. The Kier molecular flexibility index (Phi) is 8.34. The lowest BCUT2D eigenvalue weighted by Crippen LogP contribution is -2.39. The maximum atomic E-state index is 8.47. The van der Waals surface area contributed by atoms with Gasteiger partial charge in [0.25, 0.3) is 0 Å². The SMILES string of the molecule is CCC(C)(N)CO.CCC(C)(N)CO. The summed E-state index contributed by atoms with van der Waals surface area (Å²) in [5, 5.41) is 16.9. The third kappa shape index (κ3) is 9.92. The van der Waals surface area contributed by atoms with Crippen LogP contribution in [0, 0.1) is 0 Å². The molecule has 0 bridgehead atoms. The molecule has 0 aromatic heterocycles. The van der Waals surface area contributed by atoms with Gasteiger partial charge in [-0.25, -0.2) is 0 Å². The minimum Gasteiger partial charge on any atom is -0.394 e. The molecule has 2 unspecified atom stereocenters. The molecule has 0 saturated heterocycles. The Morgan fingerprint density at radius 3 is 1.07 bits per heavy atom. The highest BCUT2D eigenvalue weighted by Crippen LogP contribution is 2.00. The molecule has 0 aromatic rings. The standard InChI is InChI=1S/2C5H13NO/c2*1-3-5(2,6)4-7/h2*7H,3-4,6H2,1-2H3.